The Morgan fingerprint density at radius 1 is 1.08 bits per heavy atom. The maximum Gasteiger partial charge on any atom is 0.309 e. The number of benzene rings is 2. The predicted molar refractivity (Wildman–Crippen MR) is 144 cm³/mol. The van der Waals surface area contributed by atoms with Gasteiger partial charge < -0.3 is 34.3 Å². The number of carbonyl (C=O) groups is 1. The van der Waals surface area contributed by atoms with Crippen LogP contribution in [0.15, 0.2) is 48.0 Å². The second-order valence-corrected chi connectivity index (χ2v) is 10.5. The summed E-state index contributed by atoms with van der Waals surface area (Å²) in [6.45, 7) is 5.87. The first-order chi connectivity index (χ1) is 18.0. The number of aromatic hydroxyl groups is 1. The third-order valence-corrected chi connectivity index (χ3v) is 7.04. The Morgan fingerprint density at radius 2 is 1.74 bits per heavy atom. The molecule has 1 fully saturated rings. The molecular weight excluding hydrogens is 488 g/mol. The number of allylic oxidation sites excluding steroid dienone is 1. The molecule has 8 nitrogen and oxygen atoms in total. The molecule has 1 aliphatic heterocycles. The Kier molecular flexibility index (Phi) is 10.1. The Bertz CT molecular complexity index is 1120. The summed E-state index contributed by atoms with van der Waals surface area (Å²) in [5.74, 6) is 1.15. The van der Waals surface area contributed by atoms with Crippen LogP contribution in [0.2, 0.25) is 0 Å². The molecule has 8 heteroatoms. The highest BCUT2D eigenvalue weighted by Crippen LogP contribution is 2.34. The monoisotopic (exact) mass is 528 g/mol. The molecule has 3 rings (SSSR count). The average molecular weight is 529 g/mol. The minimum absolute atomic E-state index is 0.00334. The third kappa shape index (κ3) is 7.88. The fraction of sp³-hybridized carbons (Fsp3) is 0.500. The summed E-state index contributed by atoms with van der Waals surface area (Å²) >= 11 is 0. The van der Waals surface area contributed by atoms with Crippen LogP contribution in [0.25, 0.3) is 0 Å². The number of ether oxygens (including phenoxy) is 4. The lowest BCUT2D eigenvalue weighted by molar-refractivity contribution is -0.141. The number of aliphatic hydroxyl groups is 2. The number of carbonyl (C=O) groups excluding carboxylic acids is 1. The van der Waals surface area contributed by atoms with Gasteiger partial charge in [-0.05, 0) is 87.9 Å². The van der Waals surface area contributed by atoms with E-state index in [1.165, 1.54) is 7.11 Å². The van der Waals surface area contributed by atoms with E-state index in [0.717, 1.165) is 16.7 Å². The summed E-state index contributed by atoms with van der Waals surface area (Å²) in [6, 6.07) is 10.9. The summed E-state index contributed by atoms with van der Waals surface area (Å²) in [4.78, 5) is 12.5. The number of phenolic OH excluding ortho intramolecular Hbond substituents is 1. The zero-order chi connectivity index (χ0) is 27.9. The molecule has 0 aliphatic carbocycles. The van der Waals surface area contributed by atoms with Crippen molar-refractivity contribution in [2.75, 3.05) is 27.4 Å². The molecule has 1 saturated heterocycles. The van der Waals surface area contributed by atoms with Gasteiger partial charge in [0.05, 0.1) is 38.4 Å². The second kappa shape index (κ2) is 13.0. The lowest BCUT2D eigenvalue weighted by atomic mass is 9.85. The van der Waals surface area contributed by atoms with Crippen LogP contribution in [-0.2, 0) is 22.4 Å². The molecule has 3 unspecified atom stereocenters. The first-order valence-electron chi connectivity index (χ1n) is 12.9. The molecule has 2 aromatic rings. The Morgan fingerprint density at radius 3 is 2.42 bits per heavy atom. The molecule has 0 aromatic heterocycles. The van der Waals surface area contributed by atoms with E-state index in [0.29, 0.717) is 56.1 Å². The largest absolute Gasteiger partial charge is 0.504 e. The molecule has 0 saturated carbocycles. The van der Waals surface area contributed by atoms with Gasteiger partial charge in [-0.15, -0.1) is 0 Å². The average Bonchev–Trinajstić information content (AvgIpc) is 3.22. The topological polar surface area (TPSA) is 115 Å². The van der Waals surface area contributed by atoms with Gasteiger partial charge in [0.25, 0.3) is 0 Å². The molecule has 1 heterocycles. The van der Waals surface area contributed by atoms with Crippen LogP contribution in [0, 0.1) is 11.8 Å². The van der Waals surface area contributed by atoms with E-state index in [4.69, 9.17) is 18.9 Å². The first kappa shape index (κ1) is 29.3. The highest BCUT2D eigenvalue weighted by atomic mass is 16.5. The number of hydrogen-bond donors (Lipinski definition) is 3. The molecule has 0 spiro atoms. The molecule has 208 valence electrons. The van der Waals surface area contributed by atoms with Gasteiger partial charge >= 0.3 is 5.97 Å². The maximum absolute atomic E-state index is 12.5. The molecule has 0 radical (unpaired) electrons. The van der Waals surface area contributed by atoms with E-state index < -0.39 is 11.7 Å². The van der Waals surface area contributed by atoms with Crippen molar-refractivity contribution in [2.24, 2.45) is 11.8 Å². The quantitative estimate of drug-likeness (QED) is 0.262. The number of cyclic esters (lactones) is 1. The second-order valence-electron chi connectivity index (χ2n) is 10.5. The Hall–Kier alpha value is -3.23. The zero-order valence-electron chi connectivity index (χ0n) is 22.9. The van der Waals surface area contributed by atoms with Crippen LogP contribution >= 0.6 is 0 Å². The van der Waals surface area contributed by atoms with Gasteiger partial charge in [-0.3, -0.25) is 4.79 Å². The Labute approximate surface area is 224 Å². The number of phenols is 1. The number of esters is 1. The zero-order valence-corrected chi connectivity index (χ0v) is 22.9. The van der Waals surface area contributed by atoms with E-state index in [9.17, 15) is 20.1 Å². The van der Waals surface area contributed by atoms with Crippen LogP contribution in [0.4, 0.5) is 0 Å². The van der Waals surface area contributed by atoms with Gasteiger partial charge in [-0.2, -0.15) is 0 Å². The van der Waals surface area contributed by atoms with Crippen molar-refractivity contribution < 1.29 is 39.1 Å². The van der Waals surface area contributed by atoms with Crippen LogP contribution in [-0.4, -0.2) is 60.4 Å². The van der Waals surface area contributed by atoms with Gasteiger partial charge in [-0.1, -0.05) is 17.7 Å². The van der Waals surface area contributed by atoms with Crippen LogP contribution in [0.1, 0.15) is 44.7 Å². The fourth-order valence-corrected chi connectivity index (χ4v) is 4.51. The predicted octanol–water partition coefficient (Wildman–Crippen LogP) is 4.22. The third-order valence-electron chi connectivity index (χ3n) is 7.04. The highest BCUT2D eigenvalue weighted by Gasteiger charge is 2.37. The van der Waals surface area contributed by atoms with Crippen molar-refractivity contribution in [3.63, 3.8) is 0 Å². The molecular formula is C30H40O8. The SMILES string of the molecule is COc1cc(CC2C(=O)OCC2Cc2ccc(OCC=C(C)CCC(O)C(C)(C)O)c(OC)c2)ccc1O. The number of aliphatic hydroxyl groups excluding tert-OH is 1. The molecule has 3 N–H and O–H groups in total. The Balaban J connectivity index is 1.60. The fourth-order valence-electron chi connectivity index (χ4n) is 4.51. The number of methoxy groups -OCH3 is 2. The summed E-state index contributed by atoms with van der Waals surface area (Å²) in [6.07, 6.45) is 3.43. The molecule has 1 aliphatic rings. The van der Waals surface area contributed by atoms with E-state index in [-0.39, 0.29) is 23.6 Å². The van der Waals surface area contributed by atoms with Gasteiger partial charge in [0, 0.05) is 5.92 Å². The van der Waals surface area contributed by atoms with Crippen molar-refractivity contribution >= 4 is 5.97 Å². The minimum atomic E-state index is -1.12. The van der Waals surface area contributed by atoms with Crippen LogP contribution < -0.4 is 14.2 Å². The maximum atomic E-state index is 12.5. The van der Waals surface area contributed by atoms with Gasteiger partial charge in [-0.25, -0.2) is 0 Å². The number of hydrogen-bond acceptors (Lipinski definition) is 8. The van der Waals surface area contributed by atoms with E-state index in [1.807, 2.05) is 31.2 Å². The van der Waals surface area contributed by atoms with Gasteiger partial charge in [0.2, 0.25) is 0 Å². The lowest BCUT2D eigenvalue weighted by Gasteiger charge is -2.24. The standard InChI is InChI=1S/C30H40O8/c1-19(6-11-28(32)30(2,3)34)12-13-37-25-10-8-20(17-27(25)36-5)14-22-18-38-29(33)23(22)15-21-7-9-24(31)26(16-21)35-4/h7-10,12,16-17,22-23,28,31-32,34H,6,11,13-15,18H2,1-5H3. The van der Waals surface area contributed by atoms with Crippen LogP contribution in [0.5, 0.6) is 23.0 Å². The molecule has 3 atom stereocenters. The first-order valence-corrected chi connectivity index (χ1v) is 12.9. The summed E-state index contributed by atoms with van der Waals surface area (Å²) in [5, 5.41) is 29.7. The van der Waals surface area contributed by atoms with Crippen molar-refractivity contribution in [2.45, 2.75) is 58.2 Å². The van der Waals surface area contributed by atoms with E-state index in [2.05, 4.69) is 0 Å². The van der Waals surface area contributed by atoms with E-state index >= 15 is 0 Å². The summed E-state index contributed by atoms with van der Waals surface area (Å²) < 4.78 is 22.1. The molecule has 0 amide bonds. The van der Waals surface area contributed by atoms with Gasteiger partial charge in [0.1, 0.15) is 6.61 Å². The normalized spacial score (nSPS) is 18.7. The minimum Gasteiger partial charge on any atom is -0.504 e. The lowest BCUT2D eigenvalue weighted by Crippen LogP contribution is -2.35. The molecule has 2 aromatic carbocycles. The molecule has 0 bridgehead atoms. The van der Waals surface area contributed by atoms with Gasteiger partial charge in [0.15, 0.2) is 23.0 Å². The van der Waals surface area contributed by atoms with Crippen molar-refractivity contribution in [1.82, 2.24) is 0 Å². The van der Waals surface area contributed by atoms with E-state index in [1.54, 1.807) is 39.2 Å². The molecule has 38 heavy (non-hydrogen) atoms. The highest BCUT2D eigenvalue weighted by molar-refractivity contribution is 5.75. The summed E-state index contributed by atoms with van der Waals surface area (Å²) in [5.41, 5.74) is 1.85. The summed E-state index contributed by atoms with van der Waals surface area (Å²) in [7, 11) is 3.09. The van der Waals surface area contributed by atoms with Crippen LogP contribution in [0.3, 0.4) is 0 Å². The smallest absolute Gasteiger partial charge is 0.309 e. The van der Waals surface area contributed by atoms with Crippen molar-refractivity contribution in [3.8, 4) is 23.0 Å². The van der Waals surface area contributed by atoms with Crippen molar-refractivity contribution in [3.05, 3.63) is 59.2 Å². The number of rotatable bonds is 13. The van der Waals surface area contributed by atoms with Crippen molar-refractivity contribution in [1.29, 1.82) is 0 Å².